The Balaban J connectivity index is 2.71. The van der Waals surface area contributed by atoms with Crippen molar-refractivity contribution in [2.45, 2.75) is 39.7 Å². The molecule has 0 aromatic heterocycles. The predicted octanol–water partition coefficient (Wildman–Crippen LogP) is 2.36. The molecule has 1 saturated carbocycles. The molecule has 1 nitrogen and oxygen atoms in total. The van der Waals surface area contributed by atoms with E-state index in [4.69, 9.17) is 0 Å². The highest BCUT2D eigenvalue weighted by Gasteiger charge is 2.33. The number of hydrogen-bond acceptors (Lipinski definition) is 1. The first kappa shape index (κ1) is 8.79. The van der Waals surface area contributed by atoms with Crippen LogP contribution in [0.3, 0.4) is 0 Å². The Morgan fingerprint density at radius 2 is 2.09 bits per heavy atom. The first-order valence-corrected chi connectivity index (χ1v) is 4.30. The molecule has 0 spiro atoms. The summed E-state index contributed by atoms with van der Waals surface area (Å²) < 4.78 is 0. The molecule has 0 radical (unpaired) electrons. The van der Waals surface area contributed by atoms with Crippen LogP contribution >= 0.6 is 0 Å². The van der Waals surface area contributed by atoms with E-state index in [-0.39, 0.29) is 11.5 Å². The summed E-state index contributed by atoms with van der Waals surface area (Å²) in [4.78, 5) is 0. The van der Waals surface area contributed by atoms with E-state index in [1.165, 1.54) is 5.57 Å². The van der Waals surface area contributed by atoms with Crippen LogP contribution in [-0.4, -0.2) is 11.2 Å². The minimum atomic E-state index is -0.157. The van der Waals surface area contributed by atoms with Crippen LogP contribution in [0.2, 0.25) is 0 Å². The molecule has 0 aromatic rings. The van der Waals surface area contributed by atoms with Crippen LogP contribution < -0.4 is 0 Å². The van der Waals surface area contributed by atoms with Gasteiger partial charge in [-0.2, -0.15) is 0 Å². The summed E-state index contributed by atoms with van der Waals surface area (Å²) in [5, 5.41) is 9.52. The molecule has 0 aromatic carbocycles. The third kappa shape index (κ3) is 1.64. The van der Waals surface area contributed by atoms with Gasteiger partial charge in [0.2, 0.25) is 0 Å². The molecule has 0 heterocycles. The van der Waals surface area contributed by atoms with Crippen molar-refractivity contribution in [3.63, 3.8) is 0 Å². The maximum atomic E-state index is 9.52. The molecule has 0 unspecified atom stereocenters. The number of aliphatic hydroxyl groups is 1. The molecule has 1 fully saturated rings. The van der Waals surface area contributed by atoms with Gasteiger partial charge >= 0.3 is 0 Å². The lowest BCUT2D eigenvalue weighted by Crippen LogP contribution is -2.33. The average molecular weight is 154 g/mol. The Labute approximate surface area is 69.1 Å². The van der Waals surface area contributed by atoms with Crippen LogP contribution in [0.5, 0.6) is 0 Å². The second-order valence-corrected chi connectivity index (χ2v) is 4.44. The van der Waals surface area contributed by atoms with Crippen molar-refractivity contribution in [1.82, 2.24) is 0 Å². The summed E-state index contributed by atoms with van der Waals surface area (Å²) >= 11 is 0. The van der Waals surface area contributed by atoms with E-state index in [0.29, 0.717) is 5.92 Å². The minimum Gasteiger partial charge on any atom is -0.393 e. The van der Waals surface area contributed by atoms with Gasteiger partial charge in [0.15, 0.2) is 0 Å². The molecule has 2 atom stereocenters. The van der Waals surface area contributed by atoms with Crippen LogP contribution in [0.15, 0.2) is 12.2 Å². The van der Waals surface area contributed by atoms with E-state index < -0.39 is 0 Å². The lowest BCUT2D eigenvalue weighted by Gasteiger charge is -2.39. The summed E-state index contributed by atoms with van der Waals surface area (Å²) in [5.41, 5.74) is 1.43. The highest BCUT2D eigenvalue weighted by atomic mass is 16.3. The van der Waals surface area contributed by atoms with E-state index in [1.807, 2.05) is 0 Å². The van der Waals surface area contributed by atoms with Gasteiger partial charge in [0, 0.05) is 0 Å². The van der Waals surface area contributed by atoms with Crippen molar-refractivity contribution in [1.29, 1.82) is 0 Å². The third-order valence-electron chi connectivity index (χ3n) is 2.90. The van der Waals surface area contributed by atoms with Gasteiger partial charge < -0.3 is 5.11 Å². The molecular formula is C10H18O. The van der Waals surface area contributed by atoms with E-state index >= 15 is 0 Å². The SMILES string of the molecule is C=C1C[C@H](O)[C@H](C)CC1(C)C. The van der Waals surface area contributed by atoms with E-state index in [2.05, 4.69) is 27.4 Å². The first-order chi connectivity index (χ1) is 4.93. The number of rotatable bonds is 0. The van der Waals surface area contributed by atoms with E-state index in [0.717, 1.165) is 12.8 Å². The fourth-order valence-electron chi connectivity index (χ4n) is 1.82. The Bertz CT molecular complexity index is 170. The normalized spacial score (nSPS) is 37.3. The molecule has 0 bridgehead atoms. The highest BCUT2D eigenvalue weighted by Crippen LogP contribution is 2.41. The maximum absolute atomic E-state index is 9.52. The predicted molar refractivity (Wildman–Crippen MR) is 47.3 cm³/mol. The van der Waals surface area contributed by atoms with Gasteiger partial charge in [-0.05, 0) is 24.2 Å². The van der Waals surface area contributed by atoms with Crippen molar-refractivity contribution >= 4 is 0 Å². The van der Waals surface area contributed by atoms with Gasteiger partial charge in [0.25, 0.3) is 0 Å². The molecule has 1 rings (SSSR count). The van der Waals surface area contributed by atoms with E-state index in [1.54, 1.807) is 0 Å². The standard InChI is InChI=1S/C10H18O/c1-7-6-10(3,4)8(2)5-9(7)11/h7,9,11H,2,5-6H2,1,3-4H3/t7-,9+/m1/s1. The Hall–Kier alpha value is -0.300. The van der Waals surface area contributed by atoms with Gasteiger partial charge in [-0.3, -0.25) is 0 Å². The largest absolute Gasteiger partial charge is 0.393 e. The fraction of sp³-hybridized carbons (Fsp3) is 0.800. The van der Waals surface area contributed by atoms with Crippen molar-refractivity contribution in [2.24, 2.45) is 11.3 Å². The summed E-state index contributed by atoms with van der Waals surface area (Å²) in [6.07, 6.45) is 1.69. The Morgan fingerprint density at radius 3 is 2.55 bits per heavy atom. The zero-order valence-corrected chi connectivity index (χ0v) is 7.72. The zero-order chi connectivity index (χ0) is 8.65. The van der Waals surface area contributed by atoms with Crippen LogP contribution in [0.1, 0.15) is 33.6 Å². The minimum absolute atomic E-state index is 0.157. The Kier molecular flexibility index (Phi) is 2.10. The molecule has 11 heavy (non-hydrogen) atoms. The van der Waals surface area contributed by atoms with Gasteiger partial charge in [-0.15, -0.1) is 0 Å². The average Bonchev–Trinajstić information content (AvgIpc) is 1.83. The molecule has 1 N–H and O–H groups in total. The molecular weight excluding hydrogens is 136 g/mol. The summed E-state index contributed by atoms with van der Waals surface area (Å²) in [7, 11) is 0. The topological polar surface area (TPSA) is 20.2 Å². The molecule has 0 aliphatic heterocycles. The highest BCUT2D eigenvalue weighted by molar-refractivity contribution is 5.12. The molecule has 1 heteroatoms. The third-order valence-corrected chi connectivity index (χ3v) is 2.90. The fourth-order valence-corrected chi connectivity index (χ4v) is 1.82. The smallest absolute Gasteiger partial charge is 0.0603 e. The maximum Gasteiger partial charge on any atom is 0.0603 e. The summed E-state index contributed by atoms with van der Waals surface area (Å²) in [5.74, 6) is 0.426. The van der Waals surface area contributed by atoms with Crippen molar-refractivity contribution in [3.05, 3.63) is 12.2 Å². The van der Waals surface area contributed by atoms with Gasteiger partial charge in [-0.25, -0.2) is 0 Å². The van der Waals surface area contributed by atoms with Gasteiger partial charge in [0.05, 0.1) is 6.10 Å². The van der Waals surface area contributed by atoms with Crippen LogP contribution in [0, 0.1) is 11.3 Å². The van der Waals surface area contributed by atoms with Crippen LogP contribution in [-0.2, 0) is 0 Å². The Morgan fingerprint density at radius 1 is 1.55 bits per heavy atom. The molecule has 1 aliphatic rings. The van der Waals surface area contributed by atoms with Gasteiger partial charge in [-0.1, -0.05) is 32.9 Å². The van der Waals surface area contributed by atoms with Crippen molar-refractivity contribution in [3.8, 4) is 0 Å². The summed E-state index contributed by atoms with van der Waals surface area (Å²) in [6.45, 7) is 10.5. The van der Waals surface area contributed by atoms with Crippen LogP contribution in [0.4, 0.5) is 0 Å². The van der Waals surface area contributed by atoms with Gasteiger partial charge in [0.1, 0.15) is 0 Å². The second-order valence-electron chi connectivity index (χ2n) is 4.44. The summed E-state index contributed by atoms with van der Waals surface area (Å²) in [6, 6.07) is 0. The first-order valence-electron chi connectivity index (χ1n) is 4.30. The second kappa shape index (κ2) is 2.63. The van der Waals surface area contributed by atoms with Crippen molar-refractivity contribution < 1.29 is 5.11 Å². The van der Waals surface area contributed by atoms with Crippen molar-refractivity contribution in [2.75, 3.05) is 0 Å². The number of hydrogen-bond donors (Lipinski definition) is 1. The monoisotopic (exact) mass is 154 g/mol. The molecule has 1 aliphatic carbocycles. The van der Waals surface area contributed by atoms with Crippen LogP contribution in [0.25, 0.3) is 0 Å². The lowest BCUT2D eigenvalue weighted by molar-refractivity contribution is 0.0641. The molecule has 64 valence electrons. The lowest BCUT2D eigenvalue weighted by atomic mass is 9.69. The van der Waals surface area contributed by atoms with E-state index in [9.17, 15) is 5.11 Å². The number of aliphatic hydroxyl groups excluding tert-OH is 1. The molecule has 0 amide bonds. The quantitative estimate of drug-likeness (QED) is 0.531. The zero-order valence-electron chi connectivity index (χ0n) is 7.72. The molecule has 0 saturated heterocycles.